The van der Waals surface area contributed by atoms with E-state index < -0.39 is 0 Å². The Kier molecular flexibility index (Phi) is 4.93. The topological polar surface area (TPSA) is 70.8 Å². The maximum Gasteiger partial charge on any atom is 0.274 e. The van der Waals surface area contributed by atoms with Crippen molar-refractivity contribution in [1.82, 2.24) is 19.6 Å². The molecule has 0 saturated carbocycles. The molecule has 0 aromatic carbocycles. The van der Waals surface area contributed by atoms with Crippen molar-refractivity contribution in [2.45, 2.75) is 63.6 Å². The molecule has 1 aromatic rings. The number of aryl methyl sites for hydroxylation is 2. The van der Waals surface area contributed by atoms with E-state index in [0.717, 1.165) is 90.9 Å². The molecule has 154 valence electrons. The minimum Gasteiger partial charge on any atom is -0.392 e. The van der Waals surface area contributed by atoms with Gasteiger partial charge in [0.05, 0.1) is 6.10 Å². The van der Waals surface area contributed by atoms with Crippen LogP contribution in [0.4, 0.5) is 0 Å². The van der Waals surface area contributed by atoms with E-state index in [1.807, 2.05) is 15.6 Å². The van der Waals surface area contributed by atoms with Crippen LogP contribution in [-0.2, 0) is 17.7 Å². The summed E-state index contributed by atoms with van der Waals surface area (Å²) in [6.45, 7) is 5.99. The van der Waals surface area contributed by atoms with Crippen LogP contribution in [0, 0.1) is 5.41 Å². The van der Waals surface area contributed by atoms with Crippen LogP contribution in [0.2, 0.25) is 0 Å². The van der Waals surface area contributed by atoms with E-state index in [1.165, 1.54) is 5.69 Å². The third-order valence-electron chi connectivity index (χ3n) is 7.36. The summed E-state index contributed by atoms with van der Waals surface area (Å²) in [5.74, 6) is 0.0781. The number of rotatable bonds is 2. The monoisotopic (exact) mass is 388 g/mol. The maximum atomic E-state index is 12.9. The fraction of sp³-hybridized carbons (Fsp3) is 0.810. The van der Waals surface area contributed by atoms with Gasteiger partial charge in [-0.05, 0) is 56.4 Å². The SMILES string of the molecule is O=C(c1cc2n(n1)CCC2)N1CCC2(CC1)CC(O)CN(C1CCOCC1)C2. The molecule has 1 spiro atoms. The average molecular weight is 389 g/mol. The van der Waals surface area contributed by atoms with Gasteiger partial charge in [0.1, 0.15) is 0 Å². The highest BCUT2D eigenvalue weighted by molar-refractivity contribution is 5.92. The number of carbonyl (C=O) groups is 1. The molecule has 7 nitrogen and oxygen atoms in total. The summed E-state index contributed by atoms with van der Waals surface area (Å²) in [7, 11) is 0. The van der Waals surface area contributed by atoms with Crippen molar-refractivity contribution in [1.29, 1.82) is 0 Å². The van der Waals surface area contributed by atoms with Gasteiger partial charge < -0.3 is 14.7 Å². The number of hydrogen-bond acceptors (Lipinski definition) is 5. The average Bonchev–Trinajstić information content (AvgIpc) is 3.30. The normalized spacial score (nSPS) is 28.6. The minimum absolute atomic E-state index is 0.0781. The lowest BCUT2D eigenvalue weighted by molar-refractivity contribution is -0.0695. The molecule has 0 aliphatic carbocycles. The number of aliphatic hydroxyl groups excluding tert-OH is 1. The van der Waals surface area contributed by atoms with E-state index in [9.17, 15) is 9.90 Å². The summed E-state index contributed by atoms with van der Waals surface area (Å²) < 4.78 is 7.51. The Morgan fingerprint density at radius 1 is 1.21 bits per heavy atom. The highest BCUT2D eigenvalue weighted by Crippen LogP contribution is 2.41. The first-order valence-electron chi connectivity index (χ1n) is 11.0. The molecule has 0 radical (unpaired) electrons. The number of fused-ring (bicyclic) bond motifs is 1. The molecule has 3 saturated heterocycles. The van der Waals surface area contributed by atoms with Gasteiger partial charge in [-0.3, -0.25) is 14.4 Å². The molecule has 5 heterocycles. The summed E-state index contributed by atoms with van der Waals surface area (Å²) >= 11 is 0. The minimum atomic E-state index is -0.255. The summed E-state index contributed by atoms with van der Waals surface area (Å²) in [5.41, 5.74) is 1.94. The van der Waals surface area contributed by atoms with Crippen molar-refractivity contribution in [3.05, 3.63) is 17.5 Å². The van der Waals surface area contributed by atoms with Crippen molar-refractivity contribution >= 4 is 5.91 Å². The first-order valence-corrected chi connectivity index (χ1v) is 11.0. The maximum absolute atomic E-state index is 12.9. The summed E-state index contributed by atoms with van der Waals surface area (Å²) in [6, 6.07) is 2.52. The predicted octanol–water partition coefficient (Wildman–Crippen LogP) is 1.30. The number of piperidine rings is 2. The van der Waals surface area contributed by atoms with Crippen molar-refractivity contribution in [3.63, 3.8) is 0 Å². The van der Waals surface area contributed by atoms with Crippen LogP contribution < -0.4 is 0 Å². The number of nitrogens with zero attached hydrogens (tertiary/aromatic N) is 4. The number of ether oxygens (including phenoxy) is 1. The van der Waals surface area contributed by atoms with E-state index in [2.05, 4.69) is 10.00 Å². The van der Waals surface area contributed by atoms with Crippen molar-refractivity contribution in [2.75, 3.05) is 39.4 Å². The van der Waals surface area contributed by atoms with Crippen LogP contribution in [0.1, 0.15) is 54.7 Å². The second-order valence-electron chi connectivity index (χ2n) is 9.27. The van der Waals surface area contributed by atoms with Crippen LogP contribution in [0.15, 0.2) is 6.07 Å². The van der Waals surface area contributed by atoms with Gasteiger partial charge in [-0.25, -0.2) is 0 Å². The van der Waals surface area contributed by atoms with Crippen molar-refractivity contribution in [3.8, 4) is 0 Å². The molecule has 1 aromatic heterocycles. The Balaban J connectivity index is 1.23. The third-order valence-corrected chi connectivity index (χ3v) is 7.36. The molecule has 0 bridgehead atoms. The number of carbonyl (C=O) groups excluding carboxylic acids is 1. The van der Waals surface area contributed by atoms with Crippen molar-refractivity contribution in [2.24, 2.45) is 5.41 Å². The predicted molar refractivity (Wildman–Crippen MR) is 104 cm³/mol. The number of aliphatic hydroxyl groups is 1. The lowest BCUT2D eigenvalue weighted by Crippen LogP contribution is -2.57. The fourth-order valence-corrected chi connectivity index (χ4v) is 5.80. The van der Waals surface area contributed by atoms with Gasteiger partial charge in [0.25, 0.3) is 5.91 Å². The second kappa shape index (κ2) is 7.43. The molecule has 4 aliphatic rings. The van der Waals surface area contributed by atoms with E-state index in [1.54, 1.807) is 0 Å². The summed E-state index contributed by atoms with van der Waals surface area (Å²) in [6.07, 6.45) is 6.87. The Morgan fingerprint density at radius 3 is 2.75 bits per heavy atom. The van der Waals surface area contributed by atoms with Crippen LogP contribution in [0.5, 0.6) is 0 Å². The number of hydrogen-bond donors (Lipinski definition) is 1. The molecule has 28 heavy (non-hydrogen) atoms. The van der Waals surface area contributed by atoms with Gasteiger partial charge in [-0.2, -0.15) is 5.10 Å². The Morgan fingerprint density at radius 2 is 2.00 bits per heavy atom. The zero-order valence-electron chi connectivity index (χ0n) is 16.7. The quantitative estimate of drug-likeness (QED) is 0.827. The van der Waals surface area contributed by atoms with Crippen LogP contribution in [-0.4, -0.2) is 82.1 Å². The first-order chi connectivity index (χ1) is 13.6. The van der Waals surface area contributed by atoms with Gasteiger partial charge in [0, 0.05) is 57.7 Å². The standard InChI is InChI=1S/C21H32N4O3/c26-18-13-21(15-24(14-18)16-3-10-28-11-4-16)5-8-23(9-6-21)20(27)19-12-17-2-1-7-25(17)22-19/h12,16,18,26H,1-11,13-15H2. The zero-order chi connectivity index (χ0) is 19.1. The van der Waals surface area contributed by atoms with Gasteiger partial charge in [0.15, 0.2) is 5.69 Å². The second-order valence-corrected chi connectivity index (χ2v) is 9.27. The molecule has 1 atom stereocenters. The van der Waals surface area contributed by atoms with Crippen molar-refractivity contribution < 1.29 is 14.6 Å². The molecule has 1 N–H and O–H groups in total. The fourth-order valence-electron chi connectivity index (χ4n) is 5.80. The highest BCUT2D eigenvalue weighted by atomic mass is 16.5. The first kappa shape index (κ1) is 18.6. The molecule has 4 aliphatic heterocycles. The Hall–Kier alpha value is -1.44. The van der Waals surface area contributed by atoms with Gasteiger partial charge >= 0.3 is 0 Å². The lowest BCUT2D eigenvalue weighted by Gasteiger charge is -2.51. The van der Waals surface area contributed by atoms with E-state index >= 15 is 0 Å². The Labute approximate surface area is 166 Å². The van der Waals surface area contributed by atoms with Gasteiger partial charge in [-0.1, -0.05) is 0 Å². The van der Waals surface area contributed by atoms with E-state index in [-0.39, 0.29) is 17.4 Å². The van der Waals surface area contributed by atoms with Crippen LogP contribution in [0.3, 0.4) is 0 Å². The zero-order valence-corrected chi connectivity index (χ0v) is 16.7. The largest absolute Gasteiger partial charge is 0.392 e. The lowest BCUT2D eigenvalue weighted by atomic mass is 9.71. The smallest absolute Gasteiger partial charge is 0.274 e. The molecule has 3 fully saturated rings. The molecule has 7 heteroatoms. The molecular weight excluding hydrogens is 356 g/mol. The van der Waals surface area contributed by atoms with Gasteiger partial charge in [0.2, 0.25) is 0 Å². The molecule has 5 rings (SSSR count). The van der Waals surface area contributed by atoms with Gasteiger partial charge in [-0.15, -0.1) is 0 Å². The molecule has 1 amide bonds. The Bertz CT molecular complexity index is 698. The summed E-state index contributed by atoms with van der Waals surface area (Å²) in [5, 5.41) is 15.1. The van der Waals surface area contributed by atoms with E-state index in [4.69, 9.17) is 4.74 Å². The molecule has 1 unspecified atom stereocenters. The van der Waals surface area contributed by atoms with E-state index in [0.29, 0.717) is 11.7 Å². The number of aromatic nitrogens is 2. The highest BCUT2D eigenvalue weighted by Gasteiger charge is 2.44. The van der Waals surface area contributed by atoms with Crippen LogP contribution in [0.25, 0.3) is 0 Å². The third kappa shape index (κ3) is 3.48. The van der Waals surface area contributed by atoms with Crippen LogP contribution >= 0.6 is 0 Å². The molecular formula is C21H32N4O3. The number of amides is 1. The number of β-amino-alcohol motifs (C(OH)–C–C–N with tert-alkyl or cyclic N) is 1. The number of likely N-dealkylation sites (tertiary alicyclic amines) is 2. The summed E-state index contributed by atoms with van der Waals surface area (Å²) in [4.78, 5) is 17.4.